The lowest BCUT2D eigenvalue weighted by Gasteiger charge is -2.37. The van der Waals surface area contributed by atoms with Crippen LogP contribution in [0.2, 0.25) is 0 Å². The molecule has 8 heteroatoms. The molecule has 0 saturated carbocycles. The van der Waals surface area contributed by atoms with Crippen LogP contribution in [0.4, 0.5) is 9.18 Å². The van der Waals surface area contributed by atoms with Gasteiger partial charge in [0, 0.05) is 27.8 Å². The summed E-state index contributed by atoms with van der Waals surface area (Å²) in [5.41, 5.74) is 2.29. The van der Waals surface area contributed by atoms with Gasteiger partial charge in [0.2, 0.25) is 0 Å². The van der Waals surface area contributed by atoms with Crippen molar-refractivity contribution in [3.05, 3.63) is 55.9 Å². The van der Waals surface area contributed by atoms with Crippen LogP contribution in [0.1, 0.15) is 17.9 Å². The average molecular weight is 426 g/mol. The van der Waals surface area contributed by atoms with Crippen molar-refractivity contribution in [3.63, 3.8) is 0 Å². The van der Waals surface area contributed by atoms with Gasteiger partial charge in [-0.15, -0.1) is 11.8 Å². The van der Waals surface area contributed by atoms with Gasteiger partial charge < -0.3 is 9.84 Å². The first-order valence-corrected chi connectivity index (χ1v) is 9.44. The van der Waals surface area contributed by atoms with Crippen LogP contribution in [0.3, 0.4) is 0 Å². The molecule has 5 nitrogen and oxygen atoms in total. The number of hydrogen-bond donors (Lipinski definition) is 1. The molecule has 0 saturated heterocycles. The third kappa shape index (κ3) is 2.63. The zero-order valence-corrected chi connectivity index (χ0v) is 15.3. The number of allylic oxidation sites excluding steroid dienone is 2. The summed E-state index contributed by atoms with van der Waals surface area (Å²) in [4.78, 5) is 26.5. The molecule has 1 unspecified atom stereocenters. The molecule has 0 bridgehead atoms. The Labute approximate surface area is 155 Å². The molecule has 0 spiro atoms. The highest BCUT2D eigenvalue weighted by atomic mass is 79.9. The van der Waals surface area contributed by atoms with Gasteiger partial charge in [0.1, 0.15) is 12.4 Å². The van der Waals surface area contributed by atoms with E-state index in [1.165, 1.54) is 11.0 Å². The topological polar surface area (TPSA) is 66.8 Å². The zero-order valence-electron chi connectivity index (χ0n) is 12.9. The van der Waals surface area contributed by atoms with Crippen LogP contribution < -0.4 is 0 Å². The summed E-state index contributed by atoms with van der Waals surface area (Å²) >= 11 is 4.75. The van der Waals surface area contributed by atoms with E-state index in [9.17, 15) is 19.1 Å². The third-order valence-electron chi connectivity index (χ3n) is 4.52. The highest BCUT2D eigenvalue weighted by Crippen LogP contribution is 2.52. The van der Waals surface area contributed by atoms with E-state index in [2.05, 4.69) is 15.9 Å². The second-order valence-electron chi connectivity index (χ2n) is 5.91. The number of nitrogens with zero attached hydrogens (tertiary/aromatic N) is 1. The Bertz CT molecular complexity index is 866. The predicted molar refractivity (Wildman–Crippen MR) is 93.7 cm³/mol. The number of amides is 1. The fourth-order valence-electron chi connectivity index (χ4n) is 3.54. The molecule has 3 aliphatic heterocycles. The summed E-state index contributed by atoms with van der Waals surface area (Å²) in [5.74, 6) is -0.228. The Morgan fingerprint density at radius 1 is 1.36 bits per heavy atom. The van der Waals surface area contributed by atoms with Crippen molar-refractivity contribution in [3.8, 4) is 0 Å². The number of benzene rings is 1. The van der Waals surface area contributed by atoms with E-state index in [0.29, 0.717) is 27.9 Å². The van der Waals surface area contributed by atoms with E-state index >= 15 is 0 Å². The maximum Gasteiger partial charge on any atom is 0.416 e. The van der Waals surface area contributed by atoms with Crippen molar-refractivity contribution in [2.45, 2.75) is 12.3 Å². The van der Waals surface area contributed by atoms with E-state index < -0.39 is 6.09 Å². The molecule has 1 aromatic rings. The number of hydrogen-bond acceptors (Lipinski definition) is 4. The molecule has 4 rings (SSSR count). The Hall–Kier alpha value is -1.64. The van der Waals surface area contributed by atoms with Crippen molar-refractivity contribution in [1.29, 1.82) is 0 Å². The molecular formula is C17H13BrFNO4S. The van der Waals surface area contributed by atoms with Crippen LogP contribution in [0.15, 0.2) is 44.5 Å². The maximum atomic E-state index is 13.7. The molecule has 0 fully saturated rings. The normalized spacial score (nSPS) is 23.0. The number of carbonyl (C=O) groups excluding carboxylic acids is 1. The quantitative estimate of drug-likeness (QED) is 0.739. The number of halogens is 2. The smallest absolute Gasteiger partial charge is 0.416 e. The average Bonchev–Trinajstić information content (AvgIpc) is 3.04. The van der Waals surface area contributed by atoms with E-state index in [-0.39, 0.29) is 30.7 Å². The number of thioether (sulfide) groups is 1. The molecule has 3 aliphatic rings. The lowest BCUT2D eigenvalue weighted by atomic mass is 9.82. The fourth-order valence-corrected chi connectivity index (χ4v) is 5.23. The second kappa shape index (κ2) is 6.26. The first-order chi connectivity index (χ1) is 12.0. The van der Waals surface area contributed by atoms with Gasteiger partial charge in [0.15, 0.2) is 5.78 Å². The molecule has 25 heavy (non-hydrogen) atoms. The number of carbonyl (C=O) groups is 2. The Balaban J connectivity index is 1.94. The zero-order chi connectivity index (χ0) is 17.7. The molecule has 0 radical (unpaired) electrons. The monoisotopic (exact) mass is 425 g/mol. The Morgan fingerprint density at radius 3 is 2.88 bits per heavy atom. The molecule has 0 aliphatic carbocycles. The summed E-state index contributed by atoms with van der Waals surface area (Å²) < 4.78 is 19.3. The van der Waals surface area contributed by atoms with Gasteiger partial charge in [0.25, 0.3) is 0 Å². The van der Waals surface area contributed by atoms with Crippen molar-refractivity contribution >= 4 is 39.6 Å². The van der Waals surface area contributed by atoms with E-state index in [0.717, 1.165) is 16.2 Å². The largest absolute Gasteiger partial charge is 0.464 e. The van der Waals surface area contributed by atoms with Crippen LogP contribution in [0.5, 0.6) is 0 Å². The highest BCUT2D eigenvalue weighted by molar-refractivity contribution is 9.10. The molecule has 1 aromatic carbocycles. The molecule has 3 heterocycles. The number of carboxylic acid groups (broad SMARTS) is 1. The van der Waals surface area contributed by atoms with Gasteiger partial charge in [-0.25, -0.2) is 9.18 Å². The minimum atomic E-state index is -1.11. The Morgan fingerprint density at radius 2 is 2.16 bits per heavy atom. The summed E-state index contributed by atoms with van der Waals surface area (Å²) in [6, 6.07) is 4.66. The molecule has 1 amide bonds. The summed E-state index contributed by atoms with van der Waals surface area (Å²) in [5, 5.41) is 9.67. The minimum Gasteiger partial charge on any atom is -0.464 e. The number of ether oxygens (including phenoxy) is 1. The van der Waals surface area contributed by atoms with Gasteiger partial charge in [-0.3, -0.25) is 9.69 Å². The molecular weight excluding hydrogens is 413 g/mol. The van der Waals surface area contributed by atoms with E-state index in [1.54, 1.807) is 23.9 Å². The van der Waals surface area contributed by atoms with Gasteiger partial charge in [-0.1, -0.05) is 6.07 Å². The van der Waals surface area contributed by atoms with Gasteiger partial charge in [0.05, 0.1) is 16.8 Å². The standard InChI is InChI=1S/C17H13BrFNO4S/c18-9-5-8(1-2-10(9)19)14-15-12(6-24-7-13(15)21)20(17(22)23)11-3-4-25-16(11)14/h1-2,5,14H,3-4,6-7H2,(H,22,23). The van der Waals surface area contributed by atoms with E-state index in [4.69, 9.17) is 4.74 Å². The molecule has 1 N–H and O–H groups in total. The van der Waals surface area contributed by atoms with Crippen LogP contribution in [0, 0.1) is 5.82 Å². The first-order valence-electron chi connectivity index (χ1n) is 7.67. The minimum absolute atomic E-state index is 0.0710. The summed E-state index contributed by atoms with van der Waals surface area (Å²) in [6.45, 7) is 0.00607. The van der Waals surface area contributed by atoms with Crippen molar-refractivity contribution in [1.82, 2.24) is 4.90 Å². The maximum absolute atomic E-state index is 13.7. The van der Waals surface area contributed by atoms with Crippen LogP contribution >= 0.6 is 27.7 Å². The lowest BCUT2D eigenvalue weighted by molar-refractivity contribution is -0.121. The summed E-state index contributed by atoms with van der Waals surface area (Å²) in [7, 11) is 0. The lowest BCUT2D eigenvalue weighted by Crippen LogP contribution is -2.40. The Kier molecular flexibility index (Phi) is 4.21. The number of ketones is 1. The predicted octanol–water partition coefficient (Wildman–Crippen LogP) is 3.87. The molecule has 0 aromatic heterocycles. The van der Waals surface area contributed by atoms with Crippen molar-refractivity contribution in [2.24, 2.45) is 0 Å². The number of Topliss-reactive ketones (excluding diaryl/α,β-unsaturated/α-hetero) is 1. The number of rotatable bonds is 1. The van der Waals surface area contributed by atoms with Gasteiger partial charge in [-0.05, 0) is 40.0 Å². The van der Waals surface area contributed by atoms with E-state index in [1.807, 2.05) is 0 Å². The van der Waals surface area contributed by atoms with Crippen LogP contribution in [0.25, 0.3) is 0 Å². The van der Waals surface area contributed by atoms with Crippen LogP contribution in [-0.4, -0.2) is 40.8 Å². The van der Waals surface area contributed by atoms with Crippen molar-refractivity contribution in [2.75, 3.05) is 19.0 Å². The van der Waals surface area contributed by atoms with Crippen molar-refractivity contribution < 1.29 is 23.8 Å². The van der Waals surface area contributed by atoms with Gasteiger partial charge >= 0.3 is 6.09 Å². The molecule has 1 atom stereocenters. The summed E-state index contributed by atoms with van der Waals surface area (Å²) in [6.07, 6.45) is -0.504. The van der Waals surface area contributed by atoms with Gasteiger partial charge in [-0.2, -0.15) is 0 Å². The SMILES string of the molecule is O=C1COCC2=C1C(c1ccc(F)c(Br)c1)C1=C(CCS1)N2C(=O)O. The highest BCUT2D eigenvalue weighted by Gasteiger charge is 2.44. The second-order valence-corrected chi connectivity index (χ2v) is 7.90. The fraction of sp³-hybridized carbons (Fsp3) is 0.294. The first kappa shape index (κ1) is 16.8. The third-order valence-corrected chi connectivity index (χ3v) is 6.32. The van der Waals surface area contributed by atoms with Crippen LogP contribution in [-0.2, 0) is 9.53 Å². The molecule has 130 valence electrons.